The lowest BCUT2D eigenvalue weighted by molar-refractivity contribution is 0.160. The maximum atomic E-state index is 5.63. The molecule has 1 atom stereocenters. The molecular formula is C14H23N5S. The van der Waals surface area contributed by atoms with Crippen LogP contribution in [0.3, 0.4) is 0 Å². The Labute approximate surface area is 126 Å². The zero-order chi connectivity index (χ0) is 14.4. The van der Waals surface area contributed by atoms with Crippen LogP contribution >= 0.6 is 12.2 Å². The molecule has 110 valence electrons. The Bertz CT molecular complexity index is 451. The second kappa shape index (κ2) is 7.50. The highest BCUT2D eigenvalue weighted by Gasteiger charge is 2.17. The Balaban J connectivity index is 1.77. The SMILES string of the molecule is CC1CCCCN1CCCNc1nccnc1C(N)=S. The van der Waals surface area contributed by atoms with Crippen molar-refractivity contribution in [2.24, 2.45) is 5.73 Å². The van der Waals surface area contributed by atoms with Gasteiger partial charge in [-0.25, -0.2) is 9.97 Å². The molecule has 1 aromatic heterocycles. The average molecular weight is 293 g/mol. The summed E-state index contributed by atoms with van der Waals surface area (Å²) < 4.78 is 0. The van der Waals surface area contributed by atoms with Crippen molar-refractivity contribution in [2.45, 2.75) is 38.6 Å². The van der Waals surface area contributed by atoms with Gasteiger partial charge in [0.25, 0.3) is 0 Å². The van der Waals surface area contributed by atoms with Crippen molar-refractivity contribution in [1.29, 1.82) is 0 Å². The fraction of sp³-hybridized carbons (Fsp3) is 0.643. The minimum Gasteiger partial charge on any atom is -0.388 e. The summed E-state index contributed by atoms with van der Waals surface area (Å²) in [6.07, 6.45) is 8.35. The Morgan fingerprint density at radius 3 is 3.00 bits per heavy atom. The Hall–Kier alpha value is -1.27. The molecule has 3 N–H and O–H groups in total. The molecule has 1 saturated heterocycles. The number of nitrogens with zero attached hydrogens (tertiary/aromatic N) is 3. The number of nitrogens with two attached hydrogens (primary N) is 1. The highest BCUT2D eigenvalue weighted by Crippen LogP contribution is 2.16. The van der Waals surface area contributed by atoms with E-state index >= 15 is 0 Å². The molecule has 0 aromatic carbocycles. The summed E-state index contributed by atoms with van der Waals surface area (Å²) >= 11 is 4.97. The molecule has 0 spiro atoms. The lowest BCUT2D eigenvalue weighted by atomic mass is 10.0. The first kappa shape index (κ1) is 15.1. The van der Waals surface area contributed by atoms with Gasteiger partial charge in [-0.2, -0.15) is 0 Å². The highest BCUT2D eigenvalue weighted by atomic mass is 32.1. The van der Waals surface area contributed by atoms with Crippen LogP contribution in [0.4, 0.5) is 5.82 Å². The van der Waals surface area contributed by atoms with Gasteiger partial charge >= 0.3 is 0 Å². The maximum Gasteiger partial charge on any atom is 0.155 e. The van der Waals surface area contributed by atoms with Gasteiger partial charge < -0.3 is 16.0 Å². The van der Waals surface area contributed by atoms with Crippen LogP contribution in [0.2, 0.25) is 0 Å². The van der Waals surface area contributed by atoms with Gasteiger partial charge in [0.15, 0.2) is 5.82 Å². The van der Waals surface area contributed by atoms with Crippen molar-refractivity contribution in [3.63, 3.8) is 0 Å². The summed E-state index contributed by atoms with van der Waals surface area (Å²) in [5.74, 6) is 0.687. The third kappa shape index (κ3) is 4.11. The molecule has 0 aliphatic carbocycles. The van der Waals surface area contributed by atoms with Gasteiger partial charge in [-0.3, -0.25) is 0 Å². The largest absolute Gasteiger partial charge is 0.388 e. The van der Waals surface area contributed by atoms with Gasteiger partial charge in [0.2, 0.25) is 0 Å². The summed E-state index contributed by atoms with van der Waals surface area (Å²) in [5.41, 5.74) is 6.21. The van der Waals surface area contributed by atoms with E-state index in [0.717, 1.165) is 19.5 Å². The van der Waals surface area contributed by atoms with E-state index in [1.807, 2.05) is 0 Å². The predicted molar refractivity (Wildman–Crippen MR) is 85.9 cm³/mol. The summed E-state index contributed by atoms with van der Waals surface area (Å²) in [6, 6.07) is 0.715. The van der Waals surface area contributed by atoms with E-state index in [1.54, 1.807) is 12.4 Å². The predicted octanol–water partition coefficient (Wildman–Crippen LogP) is 1.79. The topological polar surface area (TPSA) is 67.1 Å². The molecular weight excluding hydrogens is 270 g/mol. The number of anilines is 1. The van der Waals surface area contributed by atoms with Crippen molar-refractivity contribution in [1.82, 2.24) is 14.9 Å². The van der Waals surface area contributed by atoms with Crippen molar-refractivity contribution < 1.29 is 0 Å². The van der Waals surface area contributed by atoms with Crippen molar-refractivity contribution in [3.8, 4) is 0 Å². The smallest absolute Gasteiger partial charge is 0.155 e. The molecule has 2 rings (SSSR count). The van der Waals surface area contributed by atoms with E-state index in [9.17, 15) is 0 Å². The number of rotatable bonds is 6. The molecule has 20 heavy (non-hydrogen) atoms. The minimum atomic E-state index is 0.283. The standard InChI is InChI=1S/C14H23N5S/c1-11-5-2-3-9-19(11)10-4-6-17-14-12(13(15)20)16-7-8-18-14/h7-8,11H,2-6,9-10H2,1H3,(H2,15,20)(H,17,18). The van der Waals surface area contributed by atoms with Crippen molar-refractivity contribution >= 4 is 23.0 Å². The first-order valence-electron chi connectivity index (χ1n) is 7.27. The van der Waals surface area contributed by atoms with Crippen molar-refractivity contribution in [3.05, 3.63) is 18.1 Å². The molecule has 1 unspecified atom stereocenters. The number of nitrogens with one attached hydrogen (secondary N) is 1. The Kier molecular flexibility index (Phi) is 5.67. The molecule has 1 aromatic rings. The number of piperidine rings is 1. The minimum absolute atomic E-state index is 0.283. The molecule has 0 amide bonds. The normalized spacial score (nSPS) is 19.8. The third-order valence-electron chi connectivity index (χ3n) is 3.79. The number of thiocarbonyl (C=S) groups is 1. The monoisotopic (exact) mass is 293 g/mol. The van der Waals surface area contributed by atoms with Gasteiger partial charge in [-0.05, 0) is 32.7 Å². The molecule has 0 bridgehead atoms. The first-order chi connectivity index (χ1) is 9.68. The molecule has 0 saturated carbocycles. The quantitative estimate of drug-likeness (QED) is 0.616. The Morgan fingerprint density at radius 1 is 1.45 bits per heavy atom. The van der Waals surface area contributed by atoms with E-state index in [2.05, 4.69) is 27.1 Å². The van der Waals surface area contributed by atoms with Crippen LogP contribution in [-0.4, -0.2) is 45.5 Å². The van der Waals surface area contributed by atoms with Crippen LogP contribution in [-0.2, 0) is 0 Å². The second-order valence-corrected chi connectivity index (χ2v) is 5.72. The summed E-state index contributed by atoms with van der Waals surface area (Å²) in [6.45, 7) is 5.53. The number of aromatic nitrogens is 2. The van der Waals surface area contributed by atoms with E-state index < -0.39 is 0 Å². The van der Waals surface area contributed by atoms with Crippen LogP contribution in [0.15, 0.2) is 12.4 Å². The lowest BCUT2D eigenvalue weighted by Gasteiger charge is -2.33. The highest BCUT2D eigenvalue weighted by molar-refractivity contribution is 7.80. The van der Waals surface area contributed by atoms with E-state index in [0.29, 0.717) is 17.6 Å². The lowest BCUT2D eigenvalue weighted by Crippen LogP contribution is -2.38. The number of hydrogen-bond acceptors (Lipinski definition) is 5. The molecule has 1 fully saturated rings. The average Bonchev–Trinajstić information content (AvgIpc) is 2.45. The Morgan fingerprint density at radius 2 is 2.25 bits per heavy atom. The first-order valence-corrected chi connectivity index (χ1v) is 7.68. The zero-order valence-electron chi connectivity index (χ0n) is 12.0. The fourth-order valence-corrected chi connectivity index (χ4v) is 2.78. The van der Waals surface area contributed by atoms with Gasteiger partial charge in [0.05, 0.1) is 0 Å². The molecule has 1 aliphatic rings. The fourth-order valence-electron chi connectivity index (χ4n) is 2.63. The number of likely N-dealkylation sites (tertiary alicyclic amines) is 1. The van der Waals surface area contributed by atoms with E-state index in [-0.39, 0.29) is 4.99 Å². The van der Waals surface area contributed by atoms with Crippen molar-refractivity contribution in [2.75, 3.05) is 25.0 Å². The maximum absolute atomic E-state index is 5.63. The summed E-state index contributed by atoms with van der Waals surface area (Å²) in [4.78, 5) is 11.3. The molecule has 5 nitrogen and oxygen atoms in total. The van der Waals surface area contributed by atoms with E-state index in [1.165, 1.54) is 25.8 Å². The molecule has 2 heterocycles. The van der Waals surface area contributed by atoms with Gasteiger partial charge in [0.1, 0.15) is 10.7 Å². The molecule has 6 heteroatoms. The van der Waals surface area contributed by atoms with Gasteiger partial charge in [-0.15, -0.1) is 0 Å². The van der Waals surface area contributed by atoms with Gasteiger partial charge in [0, 0.05) is 31.5 Å². The van der Waals surface area contributed by atoms with Crippen LogP contribution in [0.5, 0.6) is 0 Å². The van der Waals surface area contributed by atoms with Crippen LogP contribution in [0.1, 0.15) is 38.3 Å². The summed E-state index contributed by atoms with van der Waals surface area (Å²) in [7, 11) is 0. The third-order valence-corrected chi connectivity index (χ3v) is 3.98. The second-order valence-electron chi connectivity index (χ2n) is 5.28. The molecule has 0 radical (unpaired) electrons. The van der Waals surface area contributed by atoms with Crippen LogP contribution in [0.25, 0.3) is 0 Å². The van der Waals surface area contributed by atoms with Gasteiger partial charge in [-0.1, -0.05) is 18.6 Å². The molecule has 1 aliphatic heterocycles. The number of hydrogen-bond donors (Lipinski definition) is 2. The summed E-state index contributed by atoms with van der Waals surface area (Å²) in [5, 5.41) is 3.28. The zero-order valence-corrected chi connectivity index (χ0v) is 12.8. The van der Waals surface area contributed by atoms with E-state index in [4.69, 9.17) is 18.0 Å². The van der Waals surface area contributed by atoms with Crippen LogP contribution < -0.4 is 11.1 Å². The van der Waals surface area contributed by atoms with Crippen LogP contribution in [0, 0.1) is 0 Å².